The third kappa shape index (κ3) is 5.16. The summed E-state index contributed by atoms with van der Waals surface area (Å²) in [7, 11) is -3.69. The van der Waals surface area contributed by atoms with Crippen LogP contribution in [0.15, 0.2) is 65.7 Å². The lowest BCUT2D eigenvalue weighted by atomic mass is 10.2. The topological polar surface area (TPSA) is 101 Å². The number of nitrogens with zero attached hydrogens (tertiary/aromatic N) is 1. The van der Waals surface area contributed by atoms with Crippen LogP contribution in [0.25, 0.3) is 0 Å². The molecule has 0 saturated carbocycles. The summed E-state index contributed by atoms with van der Waals surface area (Å²) in [5.41, 5.74) is 1.41. The van der Waals surface area contributed by atoms with Crippen molar-refractivity contribution in [3.05, 3.63) is 77.9 Å². The monoisotopic (exact) mass is 459 g/mol. The number of H-pyrrole nitrogens is 1. The number of aromatic nitrogens is 1. The molecule has 0 aliphatic carbocycles. The standard InChI is InChI=1S/C22H22FN3O5S/c23-17-6-4-16(5-7-17)15-31-19-3-1-2-18(12-19)25-22(27)21-13-20(14-24-21)32(28,29)26-8-10-30-11-9-26/h1-7,12-14,24H,8-11,15H2,(H,25,27). The Morgan fingerprint density at radius 2 is 1.88 bits per heavy atom. The minimum atomic E-state index is -3.69. The largest absolute Gasteiger partial charge is 0.489 e. The van der Waals surface area contributed by atoms with E-state index in [2.05, 4.69) is 10.3 Å². The maximum atomic E-state index is 13.0. The molecule has 2 aromatic carbocycles. The predicted molar refractivity (Wildman–Crippen MR) is 115 cm³/mol. The zero-order valence-corrected chi connectivity index (χ0v) is 17.9. The van der Waals surface area contributed by atoms with Gasteiger partial charge in [-0.1, -0.05) is 18.2 Å². The lowest BCUT2D eigenvalue weighted by Crippen LogP contribution is -2.40. The Hall–Kier alpha value is -3.21. The van der Waals surface area contributed by atoms with Crippen LogP contribution < -0.4 is 10.1 Å². The molecule has 4 rings (SSSR count). The molecule has 8 nitrogen and oxygen atoms in total. The summed E-state index contributed by atoms with van der Waals surface area (Å²) in [4.78, 5) is 15.4. The molecule has 0 bridgehead atoms. The summed E-state index contributed by atoms with van der Waals surface area (Å²) in [6, 6.07) is 14.1. The highest BCUT2D eigenvalue weighted by atomic mass is 32.2. The highest BCUT2D eigenvalue weighted by Gasteiger charge is 2.28. The molecule has 168 valence electrons. The third-order valence-electron chi connectivity index (χ3n) is 4.92. The molecule has 1 saturated heterocycles. The highest BCUT2D eigenvalue weighted by Crippen LogP contribution is 2.21. The first-order chi connectivity index (χ1) is 15.4. The maximum Gasteiger partial charge on any atom is 0.272 e. The number of aromatic amines is 1. The average Bonchev–Trinajstić information content (AvgIpc) is 3.31. The number of benzene rings is 2. The van der Waals surface area contributed by atoms with Gasteiger partial charge in [-0.05, 0) is 35.9 Å². The normalized spacial score (nSPS) is 14.8. The van der Waals surface area contributed by atoms with Crippen LogP contribution in [0, 0.1) is 5.82 Å². The molecule has 1 aromatic heterocycles. The predicted octanol–water partition coefficient (Wildman–Crippen LogP) is 3.01. The Balaban J connectivity index is 1.40. The fourth-order valence-corrected chi connectivity index (χ4v) is 4.60. The van der Waals surface area contributed by atoms with Crippen molar-refractivity contribution in [3.63, 3.8) is 0 Å². The second kappa shape index (κ2) is 9.51. The molecule has 1 aliphatic heterocycles. The van der Waals surface area contributed by atoms with Crippen molar-refractivity contribution < 1.29 is 27.1 Å². The Kier molecular flexibility index (Phi) is 6.54. The van der Waals surface area contributed by atoms with E-state index in [4.69, 9.17) is 9.47 Å². The van der Waals surface area contributed by atoms with E-state index in [1.165, 1.54) is 28.7 Å². The molecule has 1 fully saturated rings. The molecule has 1 aliphatic rings. The van der Waals surface area contributed by atoms with Gasteiger partial charge in [0.1, 0.15) is 28.8 Å². The van der Waals surface area contributed by atoms with Gasteiger partial charge in [-0.3, -0.25) is 4.79 Å². The van der Waals surface area contributed by atoms with Gasteiger partial charge in [0.15, 0.2) is 0 Å². The molecule has 0 atom stereocenters. The quantitative estimate of drug-likeness (QED) is 0.566. The van der Waals surface area contributed by atoms with E-state index in [0.717, 1.165) is 5.56 Å². The Bertz CT molecular complexity index is 1190. The van der Waals surface area contributed by atoms with E-state index >= 15 is 0 Å². The minimum absolute atomic E-state index is 0.0286. The first kappa shape index (κ1) is 22.0. The third-order valence-corrected chi connectivity index (χ3v) is 6.80. The second-order valence-electron chi connectivity index (χ2n) is 7.16. The molecule has 0 radical (unpaired) electrons. The summed E-state index contributed by atoms with van der Waals surface area (Å²) in [6.07, 6.45) is 1.31. The van der Waals surface area contributed by atoms with Crippen LogP contribution in [-0.4, -0.2) is 49.9 Å². The maximum absolute atomic E-state index is 13.0. The number of sulfonamides is 1. The summed E-state index contributed by atoms with van der Waals surface area (Å²) >= 11 is 0. The summed E-state index contributed by atoms with van der Waals surface area (Å²) in [5, 5.41) is 2.72. The highest BCUT2D eigenvalue weighted by molar-refractivity contribution is 7.89. The van der Waals surface area contributed by atoms with Crippen LogP contribution in [0.1, 0.15) is 16.1 Å². The van der Waals surface area contributed by atoms with Crippen LogP contribution in [0.3, 0.4) is 0 Å². The van der Waals surface area contributed by atoms with E-state index in [1.54, 1.807) is 36.4 Å². The fraction of sp³-hybridized carbons (Fsp3) is 0.227. The van der Waals surface area contributed by atoms with Gasteiger partial charge in [0.25, 0.3) is 5.91 Å². The van der Waals surface area contributed by atoms with Crippen LogP contribution in [0.5, 0.6) is 5.75 Å². The second-order valence-corrected chi connectivity index (χ2v) is 9.10. The number of ether oxygens (including phenoxy) is 2. The van der Waals surface area contributed by atoms with Crippen LogP contribution in [0.4, 0.5) is 10.1 Å². The SMILES string of the molecule is O=C(Nc1cccc(OCc2ccc(F)cc2)c1)c1cc(S(=O)(=O)N2CCOCC2)c[nH]1. The number of anilines is 1. The number of morpholine rings is 1. The summed E-state index contributed by atoms with van der Waals surface area (Å²) in [5.74, 6) is -0.276. The number of carbonyl (C=O) groups is 1. The minimum Gasteiger partial charge on any atom is -0.489 e. The molecule has 10 heteroatoms. The van der Waals surface area contributed by atoms with Crippen molar-refractivity contribution in [2.75, 3.05) is 31.6 Å². The number of halogens is 1. The first-order valence-corrected chi connectivity index (χ1v) is 11.4. The molecule has 3 aromatic rings. The van der Waals surface area contributed by atoms with Gasteiger partial charge in [0.2, 0.25) is 10.0 Å². The Labute approximate surface area is 185 Å². The van der Waals surface area contributed by atoms with Gasteiger partial charge in [-0.25, -0.2) is 12.8 Å². The molecule has 1 amide bonds. The van der Waals surface area contributed by atoms with Gasteiger partial charge in [0.05, 0.1) is 13.2 Å². The van der Waals surface area contributed by atoms with Gasteiger partial charge >= 0.3 is 0 Å². The number of carbonyl (C=O) groups excluding carboxylic acids is 1. The van der Waals surface area contributed by atoms with Gasteiger partial charge < -0.3 is 19.8 Å². The van der Waals surface area contributed by atoms with E-state index in [1.807, 2.05) is 0 Å². The zero-order valence-electron chi connectivity index (χ0n) is 17.1. The fourth-order valence-electron chi connectivity index (χ4n) is 3.20. The lowest BCUT2D eigenvalue weighted by molar-refractivity contribution is 0.0730. The van der Waals surface area contributed by atoms with Gasteiger partial charge in [-0.15, -0.1) is 0 Å². The van der Waals surface area contributed by atoms with Crippen molar-refractivity contribution in [2.45, 2.75) is 11.5 Å². The smallest absolute Gasteiger partial charge is 0.272 e. The molecule has 2 heterocycles. The van der Waals surface area contributed by atoms with Gasteiger partial charge in [-0.2, -0.15) is 4.31 Å². The van der Waals surface area contributed by atoms with Crippen molar-refractivity contribution in [1.82, 2.24) is 9.29 Å². The number of hydrogen-bond acceptors (Lipinski definition) is 5. The molecular weight excluding hydrogens is 437 g/mol. The molecular formula is C22H22FN3O5S. The van der Waals surface area contributed by atoms with E-state index in [9.17, 15) is 17.6 Å². The number of hydrogen-bond donors (Lipinski definition) is 2. The Morgan fingerprint density at radius 3 is 2.62 bits per heavy atom. The molecule has 0 spiro atoms. The number of nitrogens with one attached hydrogen (secondary N) is 2. The van der Waals surface area contributed by atoms with Gasteiger partial charge in [0, 0.05) is 31.0 Å². The number of rotatable bonds is 7. The zero-order chi connectivity index (χ0) is 22.6. The summed E-state index contributed by atoms with van der Waals surface area (Å²) < 4.78 is 50.7. The van der Waals surface area contributed by atoms with Crippen molar-refractivity contribution in [1.29, 1.82) is 0 Å². The number of amides is 1. The van der Waals surface area contributed by atoms with Crippen molar-refractivity contribution in [3.8, 4) is 5.75 Å². The Morgan fingerprint density at radius 1 is 1.12 bits per heavy atom. The van der Waals surface area contributed by atoms with Crippen molar-refractivity contribution in [2.24, 2.45) is 0 Å². The van der Waals surface area contributed by atoms with E-state index in [0.29, 0.717) is 24.7 Å². The van der Waals surface area contributed by atoms with Crippen LogP contribution in [0.2, 0.25) is 0 Å². The van der Waals surface area contributed by atoms with Crippen LogP contribution >= 0.6 is 0 Å². The van der Waals surface area contributed by atoms with E-state index < -0.39 is 15.9 Å². The van der Waals surface area contributed by atoms with Crippen molar-refractivity contribution >= 4 is 21.6 Å². The molecule has 32 heavy (non-hydrogen) atoms. The molecule has 2 N–H and O–H groups in total. The average molecular weight is 459 g/mol. The summed E-state index contributed by atoms with van der Waals surface area (Å²) in [6.45, 7) is 1.49. The first-order valence-electron chi connectivity index (χ1n) is 9.97. The van der Waals surface area contributed by atoms with Crippen LogP contribution in [-0.2, 0) is 21.4 Å². The van der Waals surface area contributed by atoms with E-state index in [-0.39, 0.29) is 36.1 Å². The molecule has 0 unspecified atom stereocenters. The lowest BCUT2D eigenvalue weighted by Gasteiger charge is -2.25.